The van der Waals surface area contributed by atoms with Gasteiger partial charge >= 0.3 is 0 Å². The van der Waals surface area contributed by atoms with Crippen LogP contribution >= 0.6 is 0 Å². The summed E-state index contributed by atoms with van der Waals surface area (Å²) in [6.45, 7) is 4.91. The Morgan fingerprint density at radius 3 is 2.71 bits per heavy atom. The molecule has 2 aliphatic heterocycles. The molecule has 1 aromatic carbocycles. The molecule has 170 valence electrons. The molecule has 0 saturated carbocycles. The van der Waals surface area contributed by atoms with Gasteiger partial charge < -0.3 is 25.0 Å². The second kappa shape index (κ2) is 10.6. The molecule has 0 bridgehead atoms. The minimum absolute atomic E-state index is 0.00973. The van der Waals surface area contributed by atoms with Crippen molar-refractivity contribution < 1.29 is 23.9 Å². The first-order valence-electron chi connectivity index (χ1n) is 11.2. The number of likely N-dealkylation sites (N-methyl/N-ethyl adjacent to an activating group) is 1. The maximum atomic E-state index is 13.2. The van der Waals surface area contributed by atoms with Gasteiger partial charge in [-0.25, -0.2) is 0 Å². The van der Waals surface area contributed by atoms with Crippen LogP contribution in [0.3, 0.4) is 0 Å². The highest BCUT2D eigenvalue weighted by atomic mass is 16.5. The average molecular weight is 432 g/mol. The molecule has 1 saturated heterocycles. The summed E-state index contributed by atoms with van der Waals surface area (Å²) >= 11 is 0. The lowest BCUT2D eigenvalue weighted by Crippen LogP contribution is -2.54. The van der Waals surface area contributed by atoms with Crippen LogP contribution in [-0.2, 0) is 14.3 Å². The van der Waals surface area contributed by atoms with Crippen LogP contribution in [0, 0.1) is 0 Å². The summed E-state index contributed by atoms with van der Waals surface area (Å²) in [5, 5.41) is 5.72. The molecule has 3 rings (SSSR count). The van der Waals surface area contributed by atoms with Gasteiger partial charge in [0.1, 0.15) is 18.5 Å². The first-order valence-corrected chi connectivity index (χ1v) is 11.2. The van der Waals surface area contributed by atoms with Gasteiger partial charge in [0.05, 0.1) is 24.1 Å². The lowest BCUT2D eigenvalue weighted by molar-refractivity contribution is -0.134. The first kappa shape index (κ1) is 23.1. The fourth-order valence-corrected chi connectivity index (χ4v) is 4.10. The van der Waals surface area contributed by atoms with E-state index in [4.69, 9.17) is 9.47 Å². The summed E-state index contributed by atoms with van der Waals surface area (Å²) in [6.07, 6.45) is 3.36. The van der Waals surface area contributed by atoms with Crippen molar-refractivity contribution in [3.05, 3.63) is 23.8 Å². The van der Waals surface area contributed by atoms with Gasteiger partial charge in [-0.3, -0.25) is 14.4 Å². The number of hydrogen-bond donors (Lipinski definition) is 2. The number of rotatable bonds is 7. The molecule has 0 spiro atoms. The van der Waals surface area contributed by atoms with Gasteiger partial charge in [-0.1, -0.05) is 13.8 Å². The second-order valence-electron chi connectivity index (χ2n) is 8.23. The number of nitrogens with zero attached hydrogens (tertiary/aromatic N) is 1. The average Bonchev–Trinajstić information content (AvgIpc) is 2.75. The van der Waals surface area contributed by atoms with Gasteiger partial charge in [-0.15, -0.1) is 0 Å². The zero-order chi connectivity index (χ0) is 22.4. The molecule has 31 heavy (non-hydrogen) atoms. The molecule has 1 aromatic rings. The molecular weight excluding hydrogens is 398 g/mol. The maximum absolute atomic E-state index is 13.2. The fourth-order valence-electron chi connectivity index (χ4n) is 4.10. The summed E-state index contributed by atoms with van der Waals surface area (Å²) in [6, 6.07) is 4.99. The van der Waals surface area contributed by atoms with E-state index in [2.05, 4.69) is 10.6 Å². The van der Waals surface area contributed by atoms with Crippen molar-refractivity contribution in [3.63, 3.8) is 0 Å². The van der Waals surface area contributed by atoms with E-state index in [9.17, 15) is 14.4 Å². The number of amides is 3. The minimum Gasteiger partial charge on any atom is -0.490 e. The van der Waals surface area contributed by atoms with Crippen LogP contribution in [0.4, 0.5) is 5.69 Å². The van der Waals surface area contributed by atoms with Gasteiger partial charge in [0, 0.05) is 25.7 Å². The molecule has 8 heteroatoms. The Bertz CT molecular complexity index is 812. The minimum atomic E-state index is -0.302. The van der Waals surface area contributed by atoms with Crippen LogP contribution < -0.4 is 15.4 Å². The van der Waals surface area contributed by atoms with E-state index < -0.39 is 0 Å². The van der Waals surface area contributed by atoms with E-state index in [1.54, 1.807) is 30.1 Å². The fraction of sp³-hybridized carbons (Fsp3) is 0.609. The highest BCUT2D eigenvalue weighted by molar-refractivity contribution is 5.99. The monoisotopic (exact) mass is 431 g/mol. The van der Waals surface area contributed by atoms with E-state index in [1.807, 2.05) is 13.8 Å². The Labute approximate surface area is 183 Å². The number of hydrogen-bond acceptors (Lipinski definition) is 5. The topological polar surface area (TPSA) is 97.0 Å². The second-order valence-corrected chi connectivity index (χ2v) is 8.23. The zero-order valence-electron chi connectivity index (χ0n) is 18.6. The summed E-state index contributed by atoms with van der Waals surface area (Å²) in [5.41, 5.74) is 1.01. The molecule has 0 aromatic heterocycles. The van der Waals surface area contributed by atoms with Crippen molar-refractivity contribution in [2.75, 3.05) is 25.5 Å². The molecule has 1 fully saturated rings. The van der Waals surface area contributed by atoms with Crippen LogP contribution in [0.1, 0.15) is 62.7 Å². The van der Waals surface area contributed by atoms with Crippen molar-refractivity contribution >= 4 is 23.4 Å². The van der Waals surface area contributed by atoms with Gasteiger partial charge in [0.25, 0.3) is 5.91 Å². The van der Waals surface area contributed by atoms with E-state index >= 15 is 0 Å². The quantitative estimate of drug-likeness (QED) is 0.692. The molecule has 0 unspecified atom stereocenters. The van der Waals surface area contributed by atoms with Crippen LogP contribution in [0.25, 0.3) is 0 Å². The number of fused-ring (bicyclic) bond motifs is 2. The van der Waals surface area contributed by atoms with Crippen LogP contribution in [0.5, 0.6) is 5.75 Å². The first-order chi connectivity index (χ1) is 14.9. The lowest BCUT2D eigenvalue weighted by atomic mass is 9.94. The van der Waals surface area contributed by atoms with Crippen molar-refractivity contribution in [3.8, 4) is 5.75 Å². The lowest BCUT2D eigenvalue weighted by Gasteiger charge is -2.42. The third-order valence-corrected chi connectivity index (χ3v) is 5.76. The van der Waals surface area contributed by atoms with Gasteiger partial charge in [0.2, 0.25) is 11.8 Å². The molecular formula is C23H33N3O5. The summed E-state index contributed by atoms with van der Waals surface area (Å²) in [4.78, 5) is 38.9. The number of anilines is 1. The number of nitrogens with one attached hydrogen (secondary N) is 2. The Morgan fingerprint density at radius 2 is 1.97 bits per heavy atom. The predicted octanol–water partition coefficient (Wildman–Crippen LogP) is 2.72. The van der Waals surface area contributed by atoms with Gasteiger partial charge in [-0.2, -0.15) is 0 Å². The van der Waals surface area contributed by atoms with Gasteiger partial charge in [0.15, 0.2) is 0 Å². The van der Waals surface area contributed by atoms with Crippen molar-refractivity contribution in [1.82, 2.24) is 10.2 Å². The van der Waals surface area contributed by atoms with E-state index in [0.717, 1.165) is 19.3 Å². The Balaban J connectivity index is 1.71. The highest BCUT2D eigenvalue weighted by Crippen LogP contribution is 2.32. The molecule has 2 heterocycles. The summed E-state index contributed by atoms with van der Waals surface area (Å²) in [7, 11) is 1.77. The molecule has 8 nitrogen and oxygen atoms in total. The standard InChI is InChI=1S/C23H33N3O5/c1-4-6-21(27)25-15-7-10-19-17(12-15)23(29)26(3)18-9-8-16(31-20(18)14-30-19)13-22(28)24-11-5-2/h7,10,12,16,18,20H,4-6,8-9,11,13-14H2,1-3H3,(H,24,28)(H,25,27)/t16-,18-,20+/m0/s1. The number of ether oxygens (including phenoxy) is 2. The van der Waals surface area contributed by atoms with Crippen LogP contribution in [0.15, 0.2) is 18.2 Å². The normalized spacial score (nSPS) is 23.0. The Hall–Kier alpha value is -2.61. The highest BCUT2D eigenvalue weighted by Gasteiger charge is 2.39. The van der Waals surface area contributed by atoms with Gasteiger partial charge in [-0.05, 0) is 43.9 Å². The van der Waals surface area contributed by atoms with Crippen molar-refractivity contribution in [2.45, 2.75) is 70.6 Å². The SMILES string of the molecule is CCCNC(=O)C[C@@H]1CC[C@H]2[C@@H](COc3ccc(NC(=O)CCC)cc3C(=O)N2C)O1. The van der Waals surface area contributed by atoms with E-state index in [1.165, 1.54) is 0 Å². The Kier molecular flexibility index (Phi) is 7.90. The predicted molar refractivity (Wildman–Crippen MR) is 117 cm³/mol. The van der Waals surface area contributed by atoms with Crippen LogP contribution in [-0.4, -0.2) is 61.1 Å². The third kappa shape index (κ3) is 5.76. The molecule has 3 amide bonds. The zero-order valence-corrected chi connectivity index (χ0v) is 18.6. The summed E-state index contributed by atoms with van der Waals surface area (Å²) in [5.74, 6) is 0.212. The summed E-state index contributed by atoms with van der Waals surface area (Å²) < 4.78 is 12.1. The van der Waals surface area contributed by atoms with Crippen molar-refractivity contribution in [1.29, 1.82) is 0 Å². The molecule has 0 aliphatic carbocycles. The third-order valence-electron chi connectivity index (χ3n) is 5.76. The number of carbonyl (C=O) groups excluding carboxylic acids is 3. The largest absolute Gasteiger partial charge is 0.490 e. The molecule has 2 aliphatic rings. The van der Waals surface area contributed by atoms with Crippen molar-refractivity contribution in [2.24, 2.45) is 0 Å². The van der Waals surface area contributed by atoms with E-state index in [-0.39, 0.29) is 36.0 Å². The van der Waals surface area contributed by atoms with E-state index in [0.29, 0.717) is 49.4 Å². The maximum Gasteiger partial charge on any atom is 0.257 e. The number of carbonyl (C=O) groups is 3. The Morgan fingerprint density at radius 1 is 1.16 bits per heavy atom. The molecule has 0 radical (unpaired) electrons. The number of benzene rings is 1. The molecule has 2 N–H and O–H groups in total. The smallest absolute Gasteiger partial charge is 0.257 e. The van der Waals surface area contributed by atoms with Crippen LogP contribution in [0.2, 0.25) is 0 Å². The molecule has 3 atom stereocenters.